The molecule has 0 saturated heterocycles. The summed E-state index contributed by atoms with van der Waals surface area (Å²) in [6.45, 7) is 1.75. The molecular weight excluding hydrogens is 160 g/mol. The van der Waals surface area contributed by atoms with Gasteiger partial charge in [-0.05, 0) is 6.42 Å². The van der Waals surface area contributed by atoms with E-state index in [1.54, 1.807) is 0 Å². The van der Waals surface area contributed by atoms with E-state index in [0.717, 1.165) is 0 Å². The molecule has 0 fully saturated rings. The highest BCUT2D eigenvalue weighted by atomic mass is 16.4. The van der Waals surface area contributed by atoms with Gasteiger partial charge in [-0.25, -0.2) is 0 Å². The Labute approximate surface area is 70.9 Å². The SMILES string of the molecule is CCC(CN)C(=O)NCC(=O)O. The number of carboxylic acids is 1. The minimum atomic E-state index is -1.05. The molecule has 0 bridgehead atoms. The van der Waals surface area contributed by atoms with E-state index in [4.69, 9.17) is 10.8 Å². The van der Waals surface area contributed by atoms with Gasteiger partial charge in [0, 0.05) is 12.5 Å². The fourth-order valence-corrected chi connectivity index (χ4v) is 0.766. The Balaban J connectivity index is 3.77. The smallest absolute Gasteiger partial charge is 0.322 e. The zero-order valence-corrected chi connectivity index (χ0v) is 7.04. The molecule has 0 aromatic heterocycles. The number of amides is 1. The van der Waals surface area contributed by atoms with Crippen LogP contribution in [0.2, 0.25) is 0 Å². The Bertz CT molecular complexity index is 166. The van der Waals surface area contributed by atoms with Crippen molar-refractivity contribution in [3.8, 4) is 0 Å². The van der Waals surface area contributed by atoms with E-state index in [2.05, 4.69) is 5.32 Å². The maximum atomic E-state index is 11.1. The van der Waals surface area contributed by atoms with Gasteiger partial charge in [0.25, 0.3) is 0 Å². The van der Waals surface area contributed by atoms with Crippen molar-refractivity contribution in [2.45, 2.75) is 13.3 Å². The van der Waals surface area contributed by atoms with Gasteiger partial charge in [-0.1, -0.05) is 6.92 Å². The molecule has 70 valence electrons. The number of aliphatic carboxylic acids is 1. The van der Waals surface area contributed by atoms with Crippen LogP contribution in [0.25, 0.3) is 0 Å². The number of nitrogens with two attached hydrogens (primary N) is 1. The Morgan fingerprint density at radius 2 is 2.17 bits per heavy atom. The molecule has 0 aromatic carbocycles. The largest absolute Gasteiger partial charge is 0.480 e. The Hall–Kier alpha value is -1.10. The van der Waals surface area contributed by atoms with Gasteiger partial charge in [0.2, 0.25) is 5.91 Å². The van der Waals surface area contributed by atoms with E-state index in [9.17, 15) is 9.59 Å². The monoisotopic (exact) mass is 174 g/mol. The van der Waals surface area contributed by atoms with Gasteiger partial charge >= 0.3 is 5.97 Å². The van der Waals surface area contributed by atoms with Crippen molar-refractivity contribution in [3.05, 3.63) is 0 Å². The minimum Gasteiger partial charge on any atom is -0.480 e. The first-order chi connectivity index (χ1) is 5.61. The van der Waals surface area contributed by atoms with Crippen molar-refractivity contribution in [1.29, 1.82) is 0 Å². The van der Waals surface area contributed by atoms with Gasteiger partial charge in [0.05, 0.1) is 0 Å². The molecule has 0 aliphatic carbocycles. The molecule has 1 amide bonds. The van der Waals surface area contributed by atoms with Gasteiger partial charge in [0.1, 0.15) is 6.54 Å². The molecule has 0 spiro atoms. The summed E-state index contributed by atoms with van der Waals surface area (Å²) in [5.41, 5.74) is 5.28. The Kier molecular flexibility index (Phi) is 5.03. The van der Waals surface area contributed by atoms with Crippen molar-refractivity contribution in [2.24, 2.45) is 11.7 Å². The van der Waals surface area contributed by atoms with Gasteiger partial charge < -0.3 is 16.2 Å². The quantitative estimate of drug-likeness (QED) is 0.507. The Morgan fingerprint density at radius 3 is 2.50 bits per heavy atom. The zero-order chi connectivity index (χ0) is 9.56. The molecule has 0 aromatic rings. The molecule has 4 N–H and O–H groups in total. The van der Waals surface area contributed by atoms with E-state index in [0.29, 0.717) is 6.42 Å². The fourth-order valence-electron chi connectivity index (χ4n) is 0.766. The summed E-state index contributed by atoms with van der Waals surface area (Å²) >= 11 is 0. The highest BCUT2D eigenvalue weighted by Gasteiger charge is 2.14. The summed E-state index contributed by atoms with van der Waals surface area (Å²) in [7, 11) is 0. The van der Waals surface area contributed by atoms with Crippen LogP contribution in [0.15, 0.2) is 0 Å². The molecule has 0 aliphatic heterocycles. The van der Waals surface area contributed by atoms with E-state index >= 15 is 0 Å². The molecule has 12 heavy (non-hydrogen) atoms. The lowest BCUT2D eigenvalue weighted by Crippen LogP contribution is -2.37. The molecule has 0 saturated carbocycles. The highest BCUT2D eigenvalue weighted by Crippen LogP contribution is 1.98. The topological polar surface area (TPSA) is 92.4 Å². The standard InChI is InChI=1S/C7H14N2O3/c1-2-5(3-8)7(12)9-4-6(10)11/h5H,2-4,8H2,1H3,(H,9,12)(H,10,11). The third-order valence-corrected chi connectivity index (χ3v) is 1.56. The zero-order valence-electron chi connectivity index (χ0n) is 7.04. The first kappa shape index (κ1) is 10.9. The van der Waals surface area contributed by atoms with Crippen molar-refractivity contribution < 1.29 is 14.7 Å². The number of carboxylic acid groups (broad SMARTS) is 1. The maximum Gasteiger partial charge on any atom is 0.322 e. The van der Waals surface area contributed by atoms with Crippen LogP contribution in [0.5, 0.6) is 0 Å². The molecule has 1 atom stereocenters. The molecule has 0 rings (SSSR count). The summed E-state index contributed by atoms with van der Waals surface area (Å²) in [5, 5.41) is 10.5. The lowest BCUT2D eigenvalue weighted by Gasteiger charge is -2.10. The highest BCUT2D eigenvalue weighted by molar-refractivity contribution is 5.82. The van der Waals surface area contributed by atoms with Gasteiger partial charge in [0.15, 0.2) is 0 Å². The lowest BCUT2D eigenvalue weighted by molar-refractivity contribution is -0.138. The number of hydrogen-bond acceptors (Lipinski definition) is 3. The van der Waals surface area contributed by atoms with Crippen LogP contribution in [0.1, 0.15) is 13.3 Å². The van der Waals surface area contributed by atoms with Crippen molar-refractivity contribution in [3.63, 3.8) is 0 Å². The summed E-state index contributed by atoms with van der Waals surface area (Å²) in [4.78, 5) is 21.1. The van der Waals surface area contributed by atoms with Gasteiger partial charge in [-0.2, -0.15) is 0 Å². The van der Waals surface area contributed by atoms with Crippen LogP contribution < -0.4 is 11.1 Å². The van der Waals surface area contributed by atoms with Crippen LogP contribution >= 0.6 is 0 Å². The van der Waals surface area contributed by atoms with Crippen LogP contribution in [0.3, 0.4) is 0 Å². The maximum absolute atomic E-state index is 11.1. The van der Waals surface area contributed by atoms with Crippen molar-refractivity contribution >= 4 is 11.9 Å². The van der Waals surface area contributed by atoms with Crippen LogP contribution in [-0.4, -0.2) is 30.1 Å². The number of nitrogens with one attached hydrogen (secondary N) is 1. The first-order valence-corrected chi connectivity index (χ1v) is 3.81. The van der Waals surface area contributed by atoms with Gasteiger partial charge in [-0.3, -0.25) is 9.59 Å². The second-order valence-electron chi connectivity index (χ2n) is 2.45. The summed E-state index contributed by atoms with van der Waals surface area (Å²) < 4.78 is 0. The summed E-state index contributed by atoms with van der Waals surface area (Å²) in [6.07, 6.45) is 0.627. The van der Waals surface area contributed by atoms with Crippen molar-refractivity contribution in [1.82, 2.24) is 5.32 Å². The number of rotatable bonds is 5. The Morgan fingerprint density at radius 1 is 1.58 bits per heavy atom. The molecule has 5 nitrogen and oxygen atoms in total. The number of hydrogen-bond donors (Lipinski definition) is 3. The summed E-state index contributed by atoms with van der Waals surface area (Å²) in [5.74, 6) is -1.61. The van der Waals surface area contributed by atoms with E-state index < -0.39 is 5.97 Å². The van der Waals surface area contributed by atoms with Crippen LogP contribution in [-0.2, 0) is 9.59 Å². The fraction of sp³-hybridized carbons (Fsp3) is 0.714. The summed E-state index contributed by atoms with van der Waals surface area (Å²) in [6, 6.07) is 0. The normalized spacial score (nSPS) is 12.2. The first-order valence-electron chi connectivity index (χ1n) is 3.81. The van der Waals surface area contributed by atoms with E-state index in [1.165, 1.54) is 0 Å². The number of carbonyl (C=O) groups is 2. The van der Waals surface area contributed by atoms with Gasteiger partial charge in [-0.15, -0.1) is 0 Å². The number of carbonyl (C=O) groups excluding carboxylic acids is 1. The predicted octanol–water partition coefficient (Wildman–Crippen LogP) is -0.828. The average molecular weight is 174 g/mol. The van der Waals surface area contributed by atoms with Crippen LogP contribution in [0, 0.1) is 5.92 Å². The molecule has 0 radical (unpaired) electrons. The molecule has 0 heterocycles. The van der Waals surface area contributed by atoms with E-state index in [1.807, 2.05) is 6.92 Å². The molecule has 1 unspecified atom stereocenters. The third kappa shape index (κ3) is 3.92. The minimum absolute atomic E-state index is 0.252. The second kappa shape index (κ2) is 5.54. The average Bonchev–Trinajstić information content (AvgIpc) is 2.03. The lowest BCUT2D eigenvalue weighted by atomic mass is 10.1. The van der Waals surface area contributed by atoms with Crippen molar-refractivity contribution in [2.75, 3.05) is 13.1 Å². The predicted molar refractivity (Wildman–Crippen MR) is 43.5 cm³/mol. The molecule has 0 aliphatic rings. The molecular formula is C7H14N2O3. The van der Waals surface area contributed by atoms with E-state index in [-0.39, 0.29) is 24.9 Å². The molecule has 5 heteroatoms. The third-order valence-electron chi connectivity index (χ3n) is 1.56. The second-order valence-corrected chi connectivity index (χ2v) is 2.45. The van der Waals surface area contributed by atoms with Crippen LogP contribution in [0.4, 0.5) is 0 Å².